The number of benzene rings is 8. The largest absolute Gasteiger partial charge is 0.173 e. The van der Waals surface area contributed by atoms with E-state index in [2.05, 4.69) is 243 Å². The van der Waals surface area contributed by atoms with Gasteiger partial charge in [-0.25, -0.2) is 0 Å². The van der Waals surface area contributed by atoms with Gasteiger partial charge in [0, 0.05) is 58.0 Å². The molecule has 296 valence electrons. The molecule has 0 aliphatic heterocycles. The van der Waals surface area contributed by atoms with Crippen LogP contribution in [0.25, 0.3) is 0 Å². The Morgan fingerprint density at radius 2 is 0.448 bits per heavy atom. The van der Waals surface area contributed by atoms with Crippen molar-refractivity contribution in [2.45, 2.75) is 0 Å². The second-order valence-electron chi connectivity index (χ2n) is 13.7. The van der Waals surface area contributed by atoms with Crippen LogP contribution in [-0.4, -0.2) is 24.6 Å². The molecule has 0 heterocycles. The van der Waals surface area contributed by atoms with Gasteiger partial charge in [0.2, 0.25) is 0 Å². The summed E-state index contributed by atoms with van der Waals surface area (Å²) in [4.78, 5) is 0. The van der Waals surface area contributed by atoms with Gasteiger partial charge >= 0.3 is 0 Å². The summed E-state index contributed by atoms with van der Waals surface area (Å²) in [7, 11) is -3.27. The van der Waals surface area contributed by atoms with Gasteiger partial charge < -0.3 is 0 Å². The minimum atomic E-state index is -0.839. The third kappa shape index (κ3) is 13.4. The molecule has 0 bridgehead atoms. The molecule has 2 unspecified atom stereocenters. The molecule has 0 aliphatic rings. The Labute approximate surface area is 380 Å². The topological polar surface area (TPSA) is 0 Å². The summed E-state index contributed by atoms with van der Waals surface area (Å²) < 4.78 is 0. The quantitative estimate of drug-likeness (QED) is 0.0754. The first-order valence-corrected chi connectivity index (χ1v) is 26.4. The Balaban J connectivity index is 0.000000214. The van der Waals surface area contributed by atoms with E-state index in [-0.39, 0.29) is 42.1 Å². The number of rotatable bonds is 14. The van der Waals surface area contributed by atoms with Crippen LogP contribution in [0.5, 0.6) is 0 Å². The number of hydrogen-bond donors (Lipinski definition) is 0. The van der Waals surface area contributed by atoms with Gasteiger partial charge in [0.1, 0.15) is 12.3 Å². The van der Waals surface area contributed by atoms with Gasteiger partial charge in [-0.05, 0) is 83.4 Å². The van der Waals surface area contributed by atoms with Crippen molar-refractivity contribution in [3.05, 3.63) is 243 Å². The monoisotopic (exact) mass is 1190 g/mol. The van der Waals surface area contributed by atoms with Crippen molar-refractivity contribution in [2.75, 3.05) is 24.6 Å². The maximum Gasteiger partial charge on any atom is 0.101 e. The fourth-order valence-electron chi connectivity index (χ4n) is 7.28. The van der Waals surface area contributed by atoms with Crippen molar-refractivity contribution in [1.29, 1.82) is 0 Å². The molecule has 0 spiro atoms. The van der Waals surface area contributed by atoms with E-state index in [0.717, 1.165) is 0 Å². The third-order valence-electron chi connectivity index (χ3n) is 10.1. The molecule has 0 saturated carbocycles. The predicted octanol–water partition coefficient (Wildman–Crippen LogP) is 9.03. The van der Waals surface area contributed by atoms with Crippen molar-refractivity contribution in [3.63, 3.8) is 0 Å². The van der Waals surface area contributed by atoms with Crippen LogP contribution in [0.1, 0.15) is 0 Å². The molecule has 8 aromatic rings. The van der Waals surface area contributed by atoms with Gasteiger partial charge in [-0.15, -0.1) is 24.3 Å². The second-order valence-corrected chi connectivity index (χ2v) is 24.0. The van der Waals surface area contributed by atoms with Crippen LogP contribution in [0.3, 0.4) is 0 Å². The van der Waals surface area contributed by atoms with Gasteiger partial charge in [0.15, 0.2) is 0 Å². The van der Waals surface area contributed by atoms with E-state index in [1.54, 1.807) is 0 Å². The third-order valence-corrected chi connectivity index (χ3v) is 22.2. The summed E-state index contributed by atoms with van der Waals surface area (Å²) in [5.74, 6) is 0. The van der Waals surface area contributed by atoms with Crippen LogP contribution in [-0.2, 0) is 42.1 Å². The molecular formula is C52H50P4Pt2+2. The molecule has 0 amide bonds. The Morgan fingerprint density at radius 1 is 0.241 bits per heavy atom. The molecule has 0 aliphatic carbocycles. The first kappa shape index (κ1) is 45.9. The average molecular weight is 1190 g/mol. The van der Waals surface area contributed by atoms with Crippen molar-refractivity contribution in [3.8, 4) is 0 Å². The Morgan fingerprint density at radius 3 is 0.672 bits per heavy atom. The SMILES string of the molecule is [Pt].[Pt].[c-]1ccccc1[PH+](CC[PH+](c1ccccc1)c1ccccc1)c1ccccc1.[c-]1ccccc1[PH+](CC[PH+](c1ccccc1)c1ccccc1)c1ccccc1. The minimum absolute atomic E-state index is 0. The standard InChI is InChI=1S/2C26H23P2.2Pt/c2*1-5-13-23(14-6-1)27(24-15-7-2-8-16-24)21-22-28(25-17-9-3-10-18-25)26-19-11-4-12-20-26;;/h2*1-19H,21-22H2;;/q2*-1;;/p+4. The summed E-state index contributed by atoms with van der Waals surface area (Å²) in [6.07, 6.45) is 4.94. The molecule has 0 radical (unpaired) electrons. The van der Waals surface area contributed by atoms with E-state index in [0.29, 0.717) is 0 Å². The molecule has 0 saturated heterocycles. The van der Waals surface area contributed by atoms with Gasteiger partial charge in [-0.3, -0.25) is 0 Å². The van der Waals surface area contributed by atoms with E-state index in [1.165, 1.54) is 67.1 Å². The van der Waals surface area contributed by atoms with E-state index in [4.69, 9.17) is 0 Å². The fraction of sp³-hybridized carbons (Fsp3) is 0.0769. The van der Waals surface area contributed by atoms with Crippen molar-refractivity contribution in [1.82, 2.24) is 0 Å². The molecule has 8 aromatic carbocycles. The van der Waals surface area contributed by atoms with Crippen molar-refractivity contribution >= 4 is 74.1 Å². The van der Waals surface area contributed by atoms with E-state index in [1.807, 2.05) is 0 Å². The van der Waals surface area contributed by atoms with Crippen LogP contribution < -0.4 is 42.4 Å². The zero-order valence-electron chi connectivity index (χ0n) is 32.4. The van der Waals surface area contributed by atoms with Crippen LogP contribution >= 0.6 is 31.7 Å². The Bertz CT molecular complexity index is 1760. The maximum absolute atomic E-state index is 3.53. The zero-order chi connectivity index (χ0) is 38.0. The molecule has 8 rings (SSSR count). The maximum atomic E-state index is 3.53. The van der Waals surface area contributed by atoms with Crippen LogP contribution in [0, 0.1) is 12.1 Å². The van der Waals surface area contributed by atoms with E-state index < -0.39 is 31.7 Å². The Kier molecular flexibility index (Phi) is 20.2. The Hall–Kier alpha value is -3.14. The average Bonchev–Trinajstić information content (AvgIpc) is 3.29. The first-order chi connectivity index (χ1) is 27.8. The van der Waals surface area contributed by atoms with Crippen LogP contribution in [0.4, 0.5) is 0 Å². The van der Waals surface area contributed by atoms with Gasteiger partial charge in [0.25, 0.3) is 0 Å². The summed E-state index contributed by atoms with van der Waals surface area (Å²) in [5, 5.41) is 11.8. The molecule has 0 nitrogen and oxygen atoms in total. The zero-order valence-corrected chi connectivity index (χ0v) is 40.9. The first-order valence-electron chi connectivity index (χ1n) is 19.5. The van der Waals surface area contributed by atoms with Crippen molar-refractivity contribution < 1.29 is 42.1 Å². The minimum Gasteiger partial charge on any atom is -0.173 e. The smallest absolute Gasteiger partial charge is 0.101 e. The summed E-state index contributed by atoms with van der Waals surface area (Å²) in [6, 6.07) is 90.6. The molecule has 6 heteroatoms. The summed E-state index contributed by atoms with van der Waals surface area (Å²) in [6.45, 7) is 0. The molecule has 0 fully saturated rings. The van der Waals surface area contributed by atoms with Crippen molar-refractivity contribution in [2.24, 2.45) is 0 Å². The van der Waals surface area contributed by atoms with Crippen LogP contribution in [0.15, 0.2) is 231 Å². The molecule has 0 N–H and O–H groups in total. The molecule has 2 atom stereocenters. The predicted molar refractivity (Wildman–Crippen MR) is 259 cm³/mol. The summed E-state index contributed by atoms with van der Waals surface area (Å²) in [5.41, 5.74) is 0. The van der Waals surface area contributed by atoms with E-state index in [9.17, 15) is 0 Å². The van der Waals surface area contributed by atoms with Gasteiger partial charge in [-0.1, -0.05) is 109 Å². The summed E-state index contributed by atoms with van der Waals surface area (Å²) >= 11 is 0. The molecule has 0 aromatic heterocycles. The number of hydrogen-bond acceptors (Lipinski definition) is 0. The normalized spacial score (nSPS) is 11.6. The molecule has 58 heavy (non-hydrogen) atoms. The second kappa shape index (κ2) is 25.5. The fourth-order valence-corrected chi connectivity index (χ4v) is 19.5. The van der Waals surface area contributed by atoms with E-state index >= 15 is 0 Å². The van der Waals surface area contributed by atoms with Gasteiger partial charge in [0.05, 0.1) is 60.0 Å². The van der Waals surface area contributed by atoms with Crippen LogP contribution in [0.2, 0.25) is 0 Å². The van der Waals surface area contributed by atoms with Gasteiger partial charge in [-0.2, -0.15) is 36.4 Å². The molecular weight excluding hydrogens is 1140 g/mol.